The average Bonchev–Trinajstić information content (AvgIpc) is 2.37. The first-order chi connectivity index (χ1) is 9.02. The van der Waals surface area contributed by atoms with E-state index in [1.165, 1.54) is 4.90 Å². The molecule has 1 aromatic rings. The molecule has 0 radical (unpaired) electrons. The lowest BCUT2D eigenvalue weighted by molar-refractivity contribution is -0.141. The van der Waals surface area contributed by atoms with E-state index in [1.54, 1.807) is 25.1 Å². The van der Waals surface area contributed by atoms with Crippen LogP contribution in [-0.4, -0.2) is 30.1 Å². The van der Waals surface area contributed by atoms with Crippen LogP contribution < -0.4 is 15.4 Å². The summed E-state index contributed by atoms with van der Waals surface area (Å²) in [5, 5.41) is 9.10. The topological polar surface area (TPSA) is 92.9 Å². The predicted molar refractivity (Wildman–Crippen MR) is 70.1 cm³/mol. The van der Waals surface area contributed by atoms with E-state index in [2.05, 4.69) is 0 Å². The molecule has 0 spiro atoms. The van der Waals surface area contributed by atoms with E-state index in [0.29, 0.717) is 23.5 Å². The van der Waals surface area contributed by atoms with Crippen molar-refractivity contribution < 1.29 is 19.4 Å². The summed E-state index contributed by atoms with van der Waals surface area (Å²) in [5.41, 5.74) is 6.75. The lowest BCUT2D eigenvalue weighted by atomic mass is 10.1. The van der Waals surface area contributed by atoms with E-state index in [-0.39, 0.29) is 19.1 Å². The van der Waals surface area contributed by atoms with Crippen molar-refractivity contribution in [3.8, 4) is 5.75 Å². The zero-order valence-corrected chi connectivity index (χ0v) is 10.6. The highest BCUT2D eigenvalue weighted by atomic mass is 16.5. The summed E-state index contributed by atoms with van der Waals surface area (Å²) in [6.45, 7) is 1.83. The van der Waals surface area contributed by atoms with E-state index >= 15 is 0 Å². The molecule has 3 N–H and O–H groups in total. The fourth-order valence-electron chi connectivity index (χ4n) is 2.02. The van der Waals surface area contributed by atoms with Gasteiger partial charge in [0, 0.05) is 12.2 Å². The fraction of sp³-hybridized carbons (Fsp3) is 0.385. The number of aliphatic carboxylic acids is 1. The molecule has 0 saturated carbocycles. The van der Waals surface area contributed by atoms with Crippen LogP contribution in [0.2, 0.25) is 0 Å². The Morgan fingerprint density at radius 2 is 2.32 bits per heavy atom. The number of amides is 1. The van der Waals surface area contributed by atoms with Gasteiger partial charge in [-0.2, -0.15) is 0 Å². The normalized spacial score (nSPS) is 15.6. The number of carbonyl (C=O) groups is 2. The maximum absolute atomic E-state index is 11.9. The second-order valence-electron chi connectivity index (χ2n) is 4.46. The molecule has 1 atom stereocenters. The highest BCUT2D eigenvalue weighted by Crippen LogP contribution is 2.34. The number of carboxylic acid groups (broad SMARTS) is 1. The van der Waals surface area contributed by atoms with Crippen LogP contribution in [0.4, 0.5) is 11.4 Å². The zero-order chi connectivity index (χ0) is 14.0. The Morgan fingerprint density at radius 3 is 2.95 bits per heavy atom. The molecule has 6 heteroatoms. The number of nitrogens with two attached hydrogens (primary N) is 1. The lowest BCUT2D eigenvalue weighted by Gasteiger charge is -2.31. The first kappa shape index (κ1) is 13.2. The molecular formula is C13H16N2O4. The van der Waals surface area contributed by atoms with Crippen molar-refractivity contribution in [2.75, 3.05) is 23.8 Å². The van der Waals surface area contributed by atoms with Gasteiger partial charge in [-0.1, -0.05) is 6.92 Å². The molecule has 1 aliphatic heterocycles. The molecule has 1 heterocycles. The maximum atomic E-state index is 11.9. The quantitative estimate of drug-likeness (QED) is 0.794. The number of hydrogen-bond acceptors (Lipinski definition) is 4. The molecule has 0 saturated heterocycles. The number of benzene rings is 1. The number of anilines is 2. The molecule has 19 heavy (non-hydrogen) atoms. The van der Waals surface area contributed by atoms with Gasteiger partial charge in [-0.05, 0) is 24.6 Å². The second kappa shape index (κ2) is 5.17. The lowest BCUT2D eigenvalue weighted by Crippen LogP contribution is -2.43. The van der Waals surface area contributed by atoms with Crippen molar-refractivity contribution in [2.45, 2.75) is 13.3 Å². The summed E-state index contributed by atoms with van der Waals surface area (Å²) in [5.74, 6) is -1.21. The Kier molecular flexibility index (Phi) is 3.59. The van der Waals surface area contributed by atoms with Crippen LogP contribution in [0.5, 0.6) is 5.75 Å². The van der Waals surface area contributed by atoms with Crippen LogP contribution >= 0.6 is 0 Å². The third-order valence-corrected chi connectivity index (χ3v) is 3.17. The van der Waals surface area contributed by atoms with Gasteiger partial charge in [0.05, 0.1) is 11.6 Å². The summed E-state index contributed by atoms with van der Waals surface area (Å²) in [7, 11) is 0. The third kappa shape index (κ3) is 2.62. The third-order valence-electron chi connectivity index (χ3n) is 3.17. The Hall–Kier alpha value is -2.24. The minimum atomic E-state index is -0.910. The van der Waals surface area contributed by atoms with Gasteiger partial charge in [0.15, 0.2) is 6.61 Å². The molecule has 2 rings (SSSR count). The van der Waals surface area contributed by atoms with Gasteiger partial charge in [-0.15, -0.1) is 0 Å². The summed E-state index contributed by atoms with van der Waals surface area (Å²) in [4.78, 5) is 24.4. The minimum Gasteiger partial charge on any atom is -0.482 e. The first-order valence-corrected chi connectivity index (χ1v) is 6.08. The molecule has 102 valence electrons. The molecular weight excluding hydrogens is 248 g/mol. The first-order valence-electron chi connectivity index (χ1n) is 6.08. The van der Waals surface area contributed by atoms with Crippen LogP contribution in [0.1, 0.15) is 13.3 Å². The number of nitrogen functional groups attached to an aromatic ring is 1. The number of rotatable bonds is 4. The van der Waals surface area contributed by atoms with Crippen molar-refractivity contribution in [3.63, 3.8) is 0 Å². The molecule has 6 nitrogen and oxygen atoms in total. The Labute approximate surface area is 110 Å². The van der Waals surface area contributed by atoms with E-state index in [1.807, 2.05) is 0 Å². The van der Waals surface area contributed by atoms with Crippen LogP contribution in [0.15, 0.2) is 18.2 Å². The highest BCUT2D eigenvalue weighted by Gasteiger charge is 2.29. The number of carboxylic acids is 1. The van der Waals surface area contributed by atoms with E-state index in [4.69, 9.17) is 15.6 Å². The number of ether oxygens (including phenoxy) is 1. The van der Waals surface area contributed by atoms with Crippen LogP contribution in [0.25, 0.3) is 0 Å². The molecule has 0 bridgehead atoms. The van der Waals surface area contributed by atoms with Crippen molar-refractivity contribution >= 4 is 23.3 Å². The summed E-state index contributed by atoms with van der Waals surface area (Å²) in [6.07, 6.45) is 0.456. The Bertz CT molecular complexity index is 515. The highest BCUT2D eigenvalue weighted by molar-refractivity contribution is 5.98. The van der Waals surface area contributed by atoms with Gasteiger partial charge in [-0.3, -0.25) is 9.59 Å². The van der Waals surface area contributed by atoms with E-state index in [0.717, 1.165) is 0 Å². The van der Waals surface area contributed by atoms with Gasteiger partial charge in [0.1, 0.15) is 5.75 Å². The smallest absolute Gasteiger partial charge is 0.308 e. The molecule has 0 aromatic heterocycles. The molecule has 1 aromatic carbocycles. The van der Waals surface area contributed by atoms with Gasteiger partial charge in [0.25, 0.3) is 5.91 Å². The van der Waals surface area contributed by atoms with Crippen LogP contribution in [-0.2, 0) is 9.59 Å². The van der Waals surface area contributed by atoms with Gasteiger partial charge >= 0.3 is 5.97 Å². The van der Waals surface area contributed by atoms with E-state index < -0.39 is 11.9 Å². The van der Waals surface area contributed by atoms with Crippen LogP contribution in [0, 0.1) is 5.92 Å². The largest absolute Gasteiger partial charge is 0.482 e. The fourth-order valence-corrected chi connectivity index (χ4v) is 2.02. The monoisotopic (exact) mass is 264 g/mol. The SMILES string of the molecule is CCC(CN1C(=O)COc2ccc(N)cc21)C(=O)O. The average molecular weight is 264 g/mol. The van der Waals surface area contributed by atoms with Gasteiger partial charge in [0.2, 0.25) is 0 Å². The van der Waals surface area contributed by atoms with Gasteiger partial charge < -0.3 is 20.5 Å². The zero-order valence-electron chi connectivity index (χ0n) is 10.6. The standard InChI is InChI=1S/C13H16N2O4/c1-2-8(13(17)18)6-15-10-5-9(14)3-4-11(10)19-7-12(15)16/h3-5,8H,2,6-7,14H2,1H3,(H,17,18). The Morgan fingerprint density at radius 1 is 1.58 bits per heavy atom. The molecule has 1 aliphatic rings. The van der Waals surface area contributed by atoms with Gasteiger partial charge in [-0.25, -0.2) is 0 Å². The number of fused-ring (bicyclic) bond motifs is 1. The second-order valence-corrected chi connectivity index (χ2v) is 4.46. The van der Waals surface area contributed by atoms with Crippen molar-refractivity contribution in [1.29, 1.82) is 0 Å². The maximum Gasteiger partial charge on any atom is 0.308 e. The predicted octanol–water partition coefficient (Wildman–Crippen LogP) is 1.10. The minimum absolute atomic E-state index is 0.0764. The summed E-state index contributed by atoms with van der Waals surface area (Å²) >= 11 is 0. The van der Waals surface area contributed by atoms with Crippen molar-refractivity contribution in [1.82, 2.24) is 0 Å². The molecule has 1 amide bonds. The van der Waals surface area contributed by atoms with E-state index in [9.17, 15) is 9.59 Å². The molecule has 1 unspecified atom stereocenters. The van der Waals surface area contributed by atoms with Crippen LogP contribution in [0.3, 0.4) is 0 Å². The van der Waals surface area contributed by atoms with Crippen molar-refractivity contribution in [3.05, 3.63) is 18.2 Å². The summed E-state index contributed by atoms with van der Waals surface area (Å²) in [6, 6.07) is 4.99. The number of carbonyl (C=O) groups excluding carboxylic acids is 1. The number of hydrogen-bond donors (Lipinski definition) is 2. The van der Waals surface area contributed by atoms with Crippen molar-refractivity contribution in [2.24, 2.45) is 5.92 Å². The molecule has 0 fully saturated rings. The number of nitrogens with zero attached hydrogens (tertiary/aromatic N) is 1. The molecule has 0 aliphatic carbocycles. The Balaban J connectivity index is 2.32. The summed E-state index contributed by atoms with van der Waals surface area (Å²) < 4.78 is 5.30.